The first-order chi connectivity index (χ1) is 7.34. The summed E-state index contributed by atoms with van der Waals surface area (Å²) >= 11 is 0. The van der Waals surface area contributed by atoms with Gasteiger partial charge in [-0.05, 0) is 18.3 Å². The molecule has 1 atom stereocenters. The summed E-state index contributed by atoms with van der Waals surface area (Å²) in [4.78, 5) is 14.0. The molecule has 16 heavy (non-hydrogen) atoms. The first-order valence-electron chi connectivity index (χ1n) is 5.94. The zero-order valence-corrected chi connectivity index (χ0v) is 10.8. The van der Waals surface area contributed by atoms with Crippen molar-refractivity contribution >= 4 is 5.91 Å². The van der Waals surface area contributed by atoms with Gasteiger partial charge >= 0.3 is 0 Å². The molecular formula is C12H24N2O2. The molecule has 2 N–H and O–H groups in total. The Morgan fingerprint density at radius 2 is 1.88 bits per heavy atom. The van der Waals surface area contributed by atoms with Crippen LogP contribution in [0.2, 0.25) is 0 Å². The van der Waals surface area contributed by atoms with Crippen molar-refractivity contribution in [1.82, 2.24) is 4.90 Å². The van der Waals surface area contributed by atoms with E-state index in [1.165, 1.54) is 0 Å². The molecule has 0 spiro atoms. The fraction of sp³-hybridized carbons (Fsp3) is 0.917. The summed E-state index contributed by atoms with van der Waals surface area (Å²) in [5.41, 5.74) is 5.80. The number of ether oxygens (including phenoxy) is 1. The fourth-order valence-corrected chi connectivity index (χ4v) is 1.84. The average Bonchev–Trinajstić information content (AvgIpc) is 2.26. The van der Waals surface area contributed by atoms with Crippen LogP contribution in [0.5, 0.6) is 0 Å². The fourth-order valence-electron chi connectivity index (χ4n) is 1.84. The maximum Gasteiger partial charge on any atom is 0.240 e. The van der Waals surface area contributed by atoms with Crippen LogP contribution in [0.15, 0.2) is 0 Å². The number of hydrogen-bond donors (Lipinski definition) is 1. The Morgan fingerprint density at radius 1 is 1.38 bits per heavy atom. The molecule has 0 radical (unpaired) electrons. The lowest BCUT2D eigenvalue weighted by molar-refractivity contribution is -0.137. The van der Waals surface area contributed by atoms with Crippen molar-refractivity contribution in [2.45, 2.75) is 45.7 Å². The summed E-state index contributed by atoms with van der Waals surface area (Å²) < 4.78 is 5.29. The molecule has 4 nitrogen and oxygen atoms in total. The van der Waals surface area contributed by atoms with Crippen LogP contribution < -0.4 is 5.73 Å². The summed E-state index contributed by atoms with van der Waals surface area (Å²) in [7, 11) is 1.85. The lowest BCUT2D eigenvalue weighted by atomic mass is 9.86. The zero-order valence-electron chi connectivity index (χ0n) is 10.8. The van der Waals surface area contributed by atoms with Crippen molar-refractivity contribution in [2.75, 3.05) is 20.3 Å². The van der Waals surface area contributed by atoms with Gasteiger partial charge in [0.15, 0.2) is 0 Å². The Balaban J connectivity index is 2.58. The van der Waals surface area contributed by atoms with Gasteiger partial charge in [0.05, 0.1) is 6.04 Å². The van der Waals surface area contributed by atoms with E-state index in [0.29, 0.717) is 0 Å². The molecule has 0 aromatic carbocycles. The molecule has 0 aromatic heterocycles. The van der Waals surface area contributed by atoms with Crippen LogP contribution in [0.4, 0.5) is 0 Å². The summed E-state index contributed by atoms with van der Waals surface area (Å²) in [6.45, 7) is 7.47. The van der Waals surface area contributed by atoms with Crippen molar-refractivity contribution in [3.63, 3.8) is 0 Å². The molecule has 1 rings (SSSR count). The number of nitrogens with zero attached hydrogens (tertiary/aromatic N) is 1. The highest BCUT2D eigenvalue weighted by molar-refractivity contribution is 5.82. The van der Waals surface area contributed by atoms with Crippen LogP contribution in [0.3, 0.4) is 0 Å². The van der Waals surface area contributed by atoms with Crippen molar-refractivity contribution < 1.29 is 9.53 Å². The highest BCUT2D eigenvalue weighted by atomic mass is 16.5. The lowest BCUT2D eigenvalue weighted by Gasteiger charge is -2.36. The van der Waals surface area contributed by atoms with Crippen molar-refractivity contribution in [3.8, 4) is 0 Å². The van der Waals surface area contributed by atoms with E-state index in [1.807, 2.05) is 27.8 Å². The van der Waals surface area contributed by atoms with Crippen molar-refractivity contribution in [3.05, 3.63) is 0 Å². The van der Waals surface area contributed by atoms with E-state index in [1.54, 1.807) is 4.90 Å². The first-order valence-corrected chi connectivity index (χ1v) is 5.94. The van der Waals surface area contributed by atoms with Gasteiger partial charge in [-0.25, -0.2) is 0 Å². The molecule has 1 aliphatic heterocycles. The molecule has 0 saturated carbocycles. The van der Waals surface area contributed by atoms with E-state index in [9.17, 15) is 4.79 Å². The molecule has 0 aliphatic carbocycles. The molecule has 1 fully saturated rings. The molecule has 94 valence electrons. The van der Waals surface area contributed by atoms with Crippen LogP contribution in [-0.2, 0) is 9.53 Å². The molecule has 1 amide bonds. The Morgan fingerprint density at radius 3 is 2.31 bits per heavy atom. The minimum absolute atomic E-state index is 0.0411. The number of hydrogen-bond acceptors (Lipinski definition) is 3. The number of carbonyl (C=O) groups is 1. The van der Waals surface area contributed by atoms with Crippen LogP contribution in [-0.4, -0.2) is 43.2 Å². The third-order valence-electron chi connectivity index (χ3n) is 3.29. The summed E-state index contributed by atoms with van der Waals surface area (Å²) in [5.74, 6) is 0.0411. The molecule has 1 saturated heterocycles. The Bertz CT molecular complexity index is 242. The standard InChI is InChI=1S/C12H24N2O2/c1-12(2,3)10(13)11(15)14(4)9-5-7-16-8-6-9/h9-10H,5-8,13H2,1-4H3/t10-/m1/s1. The summed E-state index contributed by atoms with van der Waals surface area (Å²) in [6.07, 6.45) is 1.83. The van der Waals surface area contributed by atoms with Crippen molar-refractivity contribution in [2.24, 2.45) is 11.1 Å². The SMILES string of the molecule is CN(C(=O)[C@@H](N)C(C)(C)C)C1CCOCC1. The van der Waals surface area contributed by atoms with Gasteiger partial charge in [0, 0.05) is 26.3 Å². The van der Waals surface area contributed by atoms with Crippen LogP contribution in [0.25, 0.3) is 0 Å². The van der Waals surface area contributed by atoms with Crippen molar-refractivity contribution in [1.29, 1.82) is 0 Å². The maximum atomic E-state index is 12.1. The van der Waals surface area contributed by atoms with Crippen LogP contribution >= 0.6 is 0 Å². The summed E-state index contributed by atoms with van der Waals surface area (Å²) in [6, 6.07) is -0.144. The molecular weight excluding hydrogens is 204 g/mol. The molecule has 0 unspecified atom stereocenters. The molecule has 1 aliphatic rings. The molecule has 0 bridgehead atoms. The highest BCUT2D eigenvalue weighted by Crippen LogP contribution is 2.21. The van der Waals surface area contributed by atoms with E-state index in [-0.39, 0.29) is 17.4 Å². The van der Waals surface area contributed by atoms with Crippen LogP contribution in [0, 0.1) is 5.41 Å². The molecule has 4 heteroatoms. The minimum atomic E-state index is -0.430. The first kappa shape index (κ1) is 13.5. The van der Waals surface area contributed by atoms with Gasteiger partial charge in [0.1, 0.15) is 0 Å². The van der Waals surface area contributed by atoms with Gasteiger partial charge in [-0.3, -0.25) is 4.79 Å². The van der Waals surface area contributed by atoms with Gasteiger partial charge in [-0.1, -0.05) is 20.8 Å². The van der Waals surface area contributed by atoms with E-state index in [4.69, 9.17) is 10.5 Å². The minimum Gasteiger partial charge on any atom is -0.381 e. The van der Waals surface area contributed by atoms with E-state index >= 15 is 0 Å². The Hall–Kier alpha value is -0.610. The van der Waals surface area contributed by atoms with Gasteiger partial charge in [-0.2, -0.15) is 0 Å². The van der Waals surface area contributed by atoms with Gasteiger partial charge in [0.25, 0.3) is 0 Å². The quantitative estimate of drug-likeness (QED) is 0.767. The second-order valence-corrected chi connectivity index (χ2v) is 5.64. The van der Waals surface area contributed by atoms with Gasteiger partial charge in [0.2, 0.25) is 5.91 Å². The predicted molar refractivity (Wildman–Crippen MR) is 64.0 cm³/mol. The number of amides is 1. The number of nitrogens with two attached hydrogens (primary N) is 1. The topological polar surface area (TPSA) is 55.6 Å². The second kappa shape index (κ2) is 5.15. The number of likely N-dealkylation sites (N-methyl/N-ethyl adjacent to an activating group) is 1. The molecule has 0 aromatic rings. The highest BCUT2D eigenvalue weighted by Gasteiger charge is 2.32. The second-order valence-electron chi connectivity index (χ2n) is 5.64. The third kappa shape index (κ3) is 3.19. The van der Waals surface area contributed by atoms with Gasteiger partial charge < -0.3 is 15.4 Å². The zero-order chi connectivity index (χ0) is 12.3. The molecule has 1 heterocycles. The smallest absolute Gasteiger partial charge is 0.240 e. The van der Waals surface area contributed by atoms with E-state index < -0.39 is 6.04 Å². The van der Waals surface area contributed by atoms with E-state index in [2.05, 4.69) is 0 Å². The Kier molecular flexibility index (Phi) is 4.33. The lowest BCUT2D eigenvalue weighted by Crippen LogP contribution is -2.52. The summed E-state index contributed by atoms with van der Waals surface area (Å²) in [5, 5.41) is 0. The monoisotopic (exact) mass is 228 g/mol. The third-order valence-corrected chi connectivity index (χ3v) is 3.29. The average molecular weight is 228 g/mol. The predicted octanol–water partition coefficient (Wildman–Crippen LogP) is 0.997. The van der Waals surface area contributed by atoms with Gasteiger partial charge in [-0.15, -0.1) is 0 Å². The van der Waals surface area contributed by atoms with Crippen LogP contribution in [0.1, 0.15) is 33.6 Å². The largest absolute Gasteiger partial charge is 0.381 e. The Labute approximate surface area is 98.1 Å². The maximum absolute atomic E-state index is 12.1. The number of carbonyl (C=O) groups excluding carboxylic acids is 1. The number of rotatable bonds is 2. The normalized spacial score (nSPS) is 20.6. The van der Waals surface area contributed by atoms with E-state index in [0.717, 1.165) is 26.1 Å².